The average molecular weight is 375 g/mol. The molecule has 0 radical (unpaired) electrons. The van der Waals surface area contributed by atoms with Gasteiger partial charge in [-0.05, 0) is 51.8 Å². The summed E-state index contributed by atoms with van der Waals surface area (Å²) in [5.41, 5.74) is 1.43. The quantitative estimate of drug-likeness (QED) is 0.574. The summed E-state index contributed by atoms with van der Waals surface area (Å²) in [7, 11) is 0. The molecule has 0 saturated carbocycles. The highest BCUT2D eigenvalue weighted by Gasteiger charge is 2.33. The van der Waals surface area contributed by atoms with Crippen LogP contribution in [0, 0.1) is 0 Å². The number of amides is 2. The maximum absolute atomic E-state index is 12.8. The summed E-state index contributed by atoms with van der Waals surface area (Å²) in [6, 6.07) is 2.65. The predicted molar refractivity (Wildman–Crippen MR) is 95.9 cm³/mol. The number of anilines is 1. The molecule has 0 saturated heterocycles. The normalized spacial score (nSPS) is 11.9. The summed E-state index contributed by atoms with van der Waals surface area (Å²) >= 11 is 5.54. The van der Waals surface area contributed by atoms with E-state index in [-0.39, 0.29) is 5.69 Å². The molecule has 138 valence electrons. The highest BCUT2D eigenvalue weighted by Crippen LogP contribution is 2.36. The van der Waals surface area contributed by atoms with Crippen molar-refractivity contribution in [2.75, 3.05) is 11.9 Å². The minimum Gasteiger partial charge on any atom is -0.334 e. The molecule has 0 heterocycles. The Bertz CT molecular complexity index is 663. The van der Waals surface area contributed by atoms with Gasteiger partial charge < -0.3 is 10.6 Å². The molecule has 1 aromatic carbocycles. The Morgan fingerprint density at radius 3 is 2.48 bits per heavy atom. The van der Waals surface area contributed by atoms with Crippen molar-refractivity contribution in [3.8, 4) is 0 Å². The Kier molecular flexibility index (Phi) is 8.03. The molecular weight excluding hydrogens is 353 g/mol. The molecule has 0 aromatic heterocycles. The number of carbonyl (C=O) groups is 1. The van der Waals surface area contributed by atoms with Crippen LogP contribution in [-0.2, 0) is 6.18 Å². The first kappa shape index (κ1) is 21.1. The number of allylic oxidation sites excluding steroid dienone is 3. The van der Waals surface area contributed by atoms with E-state index in [1.54, 1.807) is 0 Å². The van der Waals surface area contributed by atoms with Crippen LogP contribution >= 0.6 is 11.6 Å². The van der Waals surface area contributed by atoms with E-state index in [1.165, 1.54) is 11.6 Å². The Labute approximate surface area is 150 Å². The zero-order valence-corrected chi connectivity index (χ0v) is 15.2. The van der Waals surface area contributed by atoms with Crippen molar-refractivity contribution < 1.29 is 18.0 Å². The van der Waals surface area contributed by atoms with Crippen LogP contribution in [-0.4, -0.2) is 12.6 Å². The van der Waals surface area contributed by atoms with Crippen molar-refractivity contribution >= 4 is 23.3 Å². The van der Waals surface area contributed by atoms with Crippen LogP contribution < -0.4 is 10.6 Å². The summed E-state index contributed by atoms with van der Waals surface area (Å²) in [4.78, 5) is 11.8. The van der Waals surface area contributed by atoms with Crippen LogP contribution in [0.3, 0.4) is 0 Å². The van der Waals surface area contributed by atoms with Crippen molar-refractivity contribution in [1.29, 1.82) is 0 Å². The zero-order chi connectivity index (χ0) is 19.0. The fourth-order valence-corrected chi connectivity index (χ4v) is 2.23. The van der Waals surface area contributed by atoms with E-state index in [2.05, 4.69) is 16.7 Å². The van der Waals surface area contributed by atoms with Gasteiger partial charge in [0.1, 0.15) is 0 Å². The first-order chi connectivity index (χ1) is 11.6. The predicted octanol–water partition coefficient (Wildman–Crippen LogP) is 6.17. The molecule has 2 N–H and O–H groups in total. The van der Waals surface area contributed by atoms with Gasteiger partial charge in [-0.25, -0.2) is 4.79 Å². The molecule has 1 rings (SSSR count). The fourth-order valence-electron chi connectivity index (χ4n) is 2.00. The van der Waals surface area contributed by atoms with Gasteiger partial charge >= 0.3 is 12.2 Å². The summed E-state index contributed by atoms with van der Waals surface area (Å²) in [6.45, 7) is 6.33. The summed E-state index contributed by atoms with van der Waals surface area (Å²) in [6.07, 6.45) is 1.26. The number of benzene rings is 1. The molecule has 0 aliphatic rings. The van der Waals surface area contributed by atoms with Gasteiger partial charge in [0.15, 0.2) is 0 Å². The third kappa shape index (κ3) is 8.12. The molecule has 7 heteroatoms. The second-order valence-electron chi connectivity index (χ2n) is 5.90. The van der Waals surface area contributed by atoms with Gasteiger partial charge in [-0.3, -0.25) is 0 Å². The lowest BCUT2D eigenvalue weighted by Gasteiger charge is -2.12. The Morgan fingerprint density at radius 1 is 1.20 bits per heavy atom. The third-order valence-electron chi connectivity index (χ3n) is 3.33. The zero-order valence-electron chi connectivity index (χ0n) is 14.4. The van der Waals surface area contributed by atoms with Crippen molar-refractivity contribution in [3.63, 3.8) is 0 Å². The lowest BCUT2D eigenvalue weighted by atomic mass is 10.1. The number of hydrogen-bond donors (Lipinski definition) is 2. The van der Waals surface area contributed by atoms with E-state index in [0.29, 0.717) is 6.54 Å². The first-order valence-corrected chi connectivity index (χ1v) is 8.18. The van der Waals surface area contributed by atoms with Crippen molar-refractivity contribution in [2.45, 2.75) is 39.8 Å². The fraction of sp³-hybridized carbons (Fsp3) is 0.389. The minimum atomic E-state index is -4.57. The molecule has 2 amide bonds. The summed E-state index contributed by atoms with van der Waals surface area (Å²) in [5.74, 6) is 0. The highest BCUT2D eigenvalue weighted by atomic mass is 35.5. The lowest BCUT2D eigenvalue weighted by Crippen LogP contribution is -2.29. The van der Waals surface area contributed by atoms with E-state index in [1.807, 2.05) is 26.8 Å². The number of hydrogen-bond acceptors (Lipinski definition) is 1. The maximum Gasteiger partial charge on any atom is 0.417 e. The van der Waals surface area contributed by atoms with E-state index in [0.717, 1.165) is 30.5 Å². The number of nitrogens with one attached hydrogen (secondary N) is 2. The topological polar surface area (TPSA) is 41.1 Å². The van der Waals surface area contributed by atoms with Crippen LogP contribution in [0.1, 0.15) is 39.2 Å². The molecular formula is C18H22ClF3N2O. The second-order valence-corrected chi connectivity index (χ2v) is 6.31. The van der Waals surface area contributed by atoms with Crippen LogP contribution in [0.15, 0.2) is 41.5 Å². The molecule has 0 unspecified atom stereocenters. The second kappa shape index (κ2) is 9.51. The van der Waals surface area contributed by atoms with Crippen LogP contribution in [0.5, 0.6) is 0 Å². The van der Waals surface area contributed by atoms with Crippen molar-refractivity contribution in [3.05, 3.63) is 52.1 Å². The Morgan fingerprint density at radius 2 is 1.88 bits per heavy atom. The molecule has 0 aliphatic heterocycles. The molecule has 1 aromatic rings. The molecule has 3 nitrogen and oxygen atoms in total. The number of halogens is 4. The van der Waals surface area contributed by atoms with E-state index in [9.17, 15) is 18.0 Å². The number of rotatable bonds is 6. The van der Waals surface area contributed by atoms with E-state index >= 15 is 0 Å². The Hall–Kier alpha value is -1.95. The summed E-state index contributed by atoms with van der Waals surface area (Å²) in [5, 5.41) is 4.54. The van der Waals surface area contributed by atoms with Gasteiger partial charge in [-0.15, -0.1) is 0 Å². The van der Waals surface area contributed by atoms with Crippen molar-refractivity contribution in [2.24, 2.45) is 0 Å². The van der Waals surface area contributed by atoms with E-state index < -0.39 is 22.8 Å². The van der Waals surface area contributed by atoms with Crippen molar-refractivity contribution in [1.82, 2.24) is 5.32 Å². The molecule has 25 heavy (non-hydrogen) atoms. The van der Waals surface area contributed by atoms with Crippen LogP contribution in [0.25, 0.3) is 0 Å². The Balaban J connectivity index is 2.54. The summed E-state index contributed by atoms with van der Waals surface area (Å²) < 4.78 is 38.4. The number of carbonyl (C=O) groups excluding carboxylic acids is 1. The average Bonchev–Trinajstić information content (AvgIpc) is 2.47. The lowest BCUT2D eigenvalue weighted by molar-refractivity contribution is -0.137. The first-order valence-electron chi connectivity index (χ1n) is 7.80. The van der Waals surface area contributed by atoms with Gasteiger partial charge in [0.05, 0.1) is 10.6 Å². The molecule has 0 bridgehead atoms. The number of urea groups is 1. The maximum atomic E-state index is 12.8. The smallest absolute Gasteiger partial charge is 0.334 e. The van der Waals surface area contributed by atoms with Crippen LogP contribution in [0.2, 0.25) is 5.02 Å². The molecule has 0 spiro atoms. The van der Waals surface area contributed by atoms with Gasteiger partial charge in [0.2, 0.25) is 0 Å². The minimum absolute atomic E-state index is 0.0264. The third-order valence-corrected chi connectivity index (χ3v) is 3.66. The van der Waals surface area contributed by atoms with Crippen LogP contribution in [0.4, 0.5) is 23.7 Å². The number of alkyl halides is 3. The standard InChI is InChI=1S/C18H22ClF3N2O/c1-12(2)5-4-6-13(3)9-10-23-17(25)24-14-7-8-16(19)15(11-14)18(20,21)22/h5,7-9,11H,4,6,10H2,1-3H3,(H2,23,24,25)/b13-9+. The highest BCUT2D eigenvalue weighted by molar-refractivity contribution is 6.31. The molecule has 0 fully saturated rings. The molecule has 0 aliphatic carbocycles. The van der Waals surface area contributed by atoms with Gasteiger partial charge in [0, 0.05) is 12.2 Å². The monoisotopic (exact) mass is 374 g/mol. The SMILES string of the molecule is CC(C)=CCC/C(C)=C/CNC(=O)Nc1ccc(Cl)c(C(F)(F)F)c1. The largest absolute Gasteiger partial charge is 0.417 e. The van der Waals surface area contributed by atoms with Gasteiger partial charge in [-0.1, -0.05) is 34.9 Å². The molecule has 0 atom stereocenters. The van der Waals surface area contributed by atoms with E-state index in [4.69, 9.17) is 11.6 Å². The van der Waals surface area contributed by atoms with Gasteiger partial charge in [-0.2, -0.15) is 13.2 Å². The van der Waals surface area contributed by atoms with Gasteiger partial charge in [0.25, 0.3) is 0 Å².